The molecule has 0 aliphatic rings. The van der Waals surface area contributed by atoms with Crippen molar-refractivity contribution in [2.45, 2.75) is 26.8 Å². The topological polar surface area (TPSA) is 30.5 Å². The van der Waals surface area contributed by atoms with Gasteiger partial charge in [0.25, 0.3) is 0 Å². The molecule has 0 heterocycles. The van der Waals surface area contributed by atoms with E-state index in [0.717, 1.165) is 30.0 Å². The molecule has 0 aromatic heterocycles. The van der Waals surface area contributed by atoms with Crippen molar-refractivity contribution in [3.63, 3.8) is 0 Å². The van der Waals surface area contributed by atoms with Crippen molar-refractivity contribution in [2.75, 3.05) is 20.3 Å². The second-order valence-electron chi connectivity index (χ2n) is 4.14. The molecule has 0 saturated carbocycles. The molecule has 0 aliphatic carbocycles. The third-order valence-corrected chi connectivity index (χ3v) is 2.62. The Kier molecular flexibility index (Phi) is 6.29. The molecule has 1 rings (SSSR count). The summed E-state index contributed by atoms with van der Waals surface area (Å²) in [4.78, 5) is 0. The molecule has 0 saturated heterocycles. The average molecular weight is 249 g/mol. The van der Waals surface area contributed by atoms with Crippen LogP contribution in [0.4, 0.5) is 0 Å². The maximum absolute atomic E-state index is 5.73. The van der Waals surface area contributed by atoms with Gasteiger partial charge in [0, 0.05) is 6.54 Å². The van der Waals surface area contributed by atoms with Gasteiger partial charge in [0.1, 0.15) is 6.61 Å². The van der Waals surface area contributed by atoms with Gasteiger partial charge >= 0.3 is 0 Å². The van der Waals surface area contributed by atoms with E-state index in [-0.39, 0.29) is 0 Å². The number of rotatable bonds is 8. The summed E-state index contributed by atoms with van der Waals surface area (Å²) in [5, 5.41) is 3.12. The van der Waals surface area contributed by atoms with Gasteiger partial charge < -0.3 is 14.8 Å². The largest absolute Gasteiger partial charge is 0.490 e. The van der Waals surface area contributed by atoms with E-state index in [1.807, 2.05) is 32.2 Å². The molecular weight excluding hydrogens is 226 g/mol. The van der Waals surface area contributed by atoms with E-state index in [9.17, 15) is 0 Å². The van der Waals surface area contributed by atoms with Gasteiger partial charge in [0.05, 0.1) is 6.61 Å². The van der Waals surface area contributed by atoms with Crippen LogP contribution in [0.3, 0.4) is 0 Å². The van der Waals surface area contributed by atoms with E-state index in [1.54, 1.807) is 0 Å². The first-order valence-corrected chi connectivity index (χ1v) is 6.41. The second kappa shape index (κ2) is 7.77. The standard InChI is InChI=1S/C15H23NO2/c1-5-12(3)11-18-14-8-7-13(10-16-4)9-15(14)17-6-2/h7-9,16H,3,5-6,10-11H2,1-2,4H3. The lowest BCUT2D eigenvalue weighted by Gasteiger charge is -2.14. The van der Waals surface area contributed by atoms with Gasteiger partial charge in [-0.2, -0.15) is 0 Å². The van der Waals surface area contributed by atoms with Crippen molar-refractivity contribution < 1.29 is 9.47 Å². The SMILES string of the molecule is C=C(CC)COc1ccc(CNC)cc1OCC. The van der Waals surface area contributed by atoms with E-state index in [4.69, 9.17) is 9.47 Å². The molecule has 0 bridgehead atoms. The third kappa shape index (κ3) is 4.41. The van der Waals surface area contributed by atoms with Gasteiger partial charge in [-0.05, 0) is 43.7 Å². The predicted molar refractivity (Wildman–Crippen MR) is 75.3 cm³/mol. The van der Waals surface area contributed by atoms with E-state index >= 15 is 0 Å². The van der Waals surface area contributed by atoms with Gasteiger partial charge in [0.15, 0.2) is 11.5 Å². The lowest BCUT2D eigenvalue weighted by molar-refractivity contribution is 0.291. The van der Waals surface area contributed by atoms with Crippen LogP contribution in [0.2, 0.25) is 0 Å². The summed E-state index contributed by atoms with van der Waals surface area (Å²) in [6, 6.07) is 6.02. The molecule has 18 heavy (non-hydrogen) atoms. The fraction of sp³-hybridized carbons (Fsp3) is 0.467. The summed E-state index contributed by atoms with van der Waals surface area (Å²) in [5.41, 5.74) is 2.26. The summed E-state index contributed by atoms with van der Waals surface area (Å²) in [6.45, 7) is 9.98. The summed E-state index contributed by atoms with van der Waals surface area (Å²) in [7, 11) is 1.93. The smallest absolute Gasteiger partial charge is 0.161 e. The molecule has 100 valence electrons. The lowest BCUT2D eigenvalue weighted by Crippen LogP contribution is -2.07. The molecule has 0 spiro atoms. The fourth-order valence-corrected chi connectivity index (χ4v) is 1.54. The maximum Gasteiger partial charge on any atom is 0.161 e. The predicted octanol–water partition coefficient (Wildman–Crippen LogP) is 3.15. The molecule has 0 fully saturated rings. The van der Waals surface area contributed by atoms with Crippen LogP contribution < -0.4 is 14.8 Å². The first kappa shape index (κ1) is 14.6. The molecular formula is C15H23NO2. The van der Waals surface area contributed by atoms with Crippen molar-refractivity contribution in [1.82, 2.24) is 5.32 Å². The minimum absolute atomic E-state index is 0.544. The lowest BCUT2D eigenvalue weighted by atomic mass is 10.2. The normalized spacial score (nSPS) is 10.2. The highest BCUT2D eigenvalue weighted by Gasteiger charge is 2.06. The molecule has 3 heteroatoms. The van der Waals surface area contributed by atoms with Crippen molar-refractivity contribution >= 4 is 0 Å². The number of ether oxygens (including phenoxy) is 2. The molecule has 0 radical (unpaired) electrons. The Morgan fingerprint density at radius 2 is 2.00 bits per heavy atom. The van der Waals surface area contributed by atoms with Gasteiger partial charge in [0.2, 0.25) is 0 Å². The summed E-state index contributed by atoms with van der Waals surface area (Å²) in [5.74, 6) is 1.58. The van der Waals surface area contributed by atoms with Crippen molar-refractivity contribution in [2.24, 2.45) is 0 Å². The molecule has 0 atom stereocenters. The summed E-state index contributed by atoms with van der Waals surface area (Å²) < 4.78 is 11.3. The molecule has 0 unspecified atom stereocenters. The van der Waals surface area contributed by atoms with E-state index in [1.165, 1.54) is 5.56 Å². The number of benzene rings is 1. The Morgan fingerprint density at radius 1 is 1.22 bits per heavy atom. The Morgan fingerprint density at radius 3 is 2.61 bits per heavy atom. The van der Waals surface area contributed by atoms with Crippen LogP contribution in [0.5, 0.6) is 11.5 Å². The number of nitrogens with one attached hydrogen (secondary N) is 1. The highest BCUT2D eigenvalue weighted by molar-refractivity contribution is 5.43. The highest BCUT2D eigenvalue weighted by Crippen LogP contribution is 2.29. The third-order valence-electron chi connectivity index (χ3n) is 2.62. The number of hydrogen-bond acceptors (Lipinski definition) is 3. The average Bonchev–Trinajstić information content (AvgIpc) is 2.38. The van der Waals surface area contributed by atoms with Crippen LogP contribution >= 0.6 is 0 Å². The van der Waals surface area contributed by atoms with Gasteiger partial charge in [-0.25, -0.2) is 0 Å². The summed E-state index contributed by atoms with van der Waals surface area (Å²) in [6.07, 6.45) is 0.932. The highest BCUT2D eigenvalue weighted by atomic mass is 16.5. The Bertz CT molecular complexity index is 388. The van der Waals surface area contributed by atoms with Crippen LogP contribution in [0.25, 0.3) is 0 Å². The molecule has 1 N–H and O–H groups in total. The number of hydrogen-bond donors (Lipinski definition) is 1. The Labute approximate surface area is 110 Å². The molecule has 3 nitrogen and oxygen atoms in total. The Hall–Kier alpha value is -1.48. The fourth-order valence-electron chi connectivity index (χ4n) is 1.54. The van der Waals surface area contributed by atoms with E-state index in [0.29, 0.717) is 13.2 Å². The Balaban J connectivity index is 2.78. The molecule has 1 aromatic carbocycles. The first-order chi connectivity index (χ1) is 8.71. The summed E-state index contributed by atoms with van der Waals surface area (Å²) >= 11 is 0. The van der Waals surface area contributed by atoms with Gasteiger partial charge in [-0.15, -0.1) is 0 Å². The minimum Gasteiger partial charge on any atom is -0.490 e. The first-order valence-electron chi connectivity index (χ1n) is 6.41. The van der Waals surface area contributed by atoms with Crippen molar-refractivity contribution in [3.8, 4) is 11.5 Å². The van der Waals surface area contributed by atoms with Crippen LogP contribution in [0.1, 0.15) is 25.8 Å². The molecule has 0 amide bonds. The molecule has 1 aromatic rings. The molecule has 0 aliphatic heterocycles. The van der Waals surface area contributed by atoms with Crippen LogP contribution in [0, 0.1) is 0 Å². The van der Waals surface area contributed by atoms with Gasteiger partial charge in [-0.1, -0.05) is 19.6 Å². The monoisotopic (exact) mass is 249 g/mol. The van der Waals surface area contributed by atoms with Crippen LogP contribution in [-0.2, 0) is 6.54 Å². The zero-order chi connectivity index (χ0) is 13.4. The van der Waals surface area contributed by atoms with E-state index in [2.05, 4.69) is 18.8 Å². The zero-order valence-electron chi connectivity index (χ0n) is 11.6. The van der Waals surface area contributed by atoms with Crippen molar-refractivity contribution in [3.05, 3.63) is 35.9 Å². The van der Waals surface area contributed by atoms with Gasteiger partial charge in [-0.3, -0.25) is 0 Å². The second-order valence-corrected chi connectivity index (χ2v) is 4.14. The minimum atomic E-state index is 0.544. The zero-order valence-corrected chi connectivity index (χ0v) is 11.6. The maximum atomic E-state index is 5.73. The van der Waals surface area contributed by atoms with E-state index < -0.39 is 0 Å². The quantitative estimate of drug-likeness (QED) is 0.718. The van der Waals surface area contributed by atoms with Crippen LogP contribution in [-0.4, -0.2) is 20.3 Å². The van der Waals surface area contributed by atoms with Crippen LogP contribution in [0.15, 0.2) is 30.4 Å². The van der Waals surface area contributed by atoms with Crippen molar-refractivity contribution in [1.29, 1.82) is 0 Å².